The van der Waals surface area contributed by atoms with Crippen LogP contribution >= 0.6 is 0 Å². The first kappa shape index (κ1) is 72.2. The number of hydrogen-bond donors (Lipinski definition) is 1. The van der Waals surface area contributed by atoms with Gasteiger partial charge in [0.25, 0.3) is 0 Å². The number of aliphatic hydroxyl groups excluding tert-OH is 1. The van der Waals surface area contributed by atoms with Crippen molar-refractivity contribution in [3.63, 3.8) is 0 Å². The van der Waals surface area contributed by atoms with Crippen LogP contribution in [0, 0.1) is 0 Å². The molecule has 0 aliphatic heterocycles. The van der Waals surface area contributed by atoms with Gasteiger partial charge in [0.05, 0.1) is 6.61 Å². The van der Waals surface area contributed by atoms with E-state index in [0.717, 1.165) is 161 Å². The summed E-state index contributed by atoms with van der Waals surface area (Å²) in [6.45, 7) is 3.84. The first-order valence-electron chi connectivity index (χ1n) is 30.3. The normalized spacial score (nSPS) is 13.8. The van der Waals surface area contributed by atoms with E-state index >= 15 is 0 Å². The van der Waals surface area contributed by atoms with E-state index in [0.29, 0.717) is 12.8 Å². The molecule has 0 saturated heterocycles. The van der Waals surface area contributed by atoms with Gasteiger partial charge in [0.2, 0.25) is 0 Å². The average molecular weight is 1070 g/mol. The van der Waals surface area contributed by atoms with E-state index < -0.39 is 6.10 Å². The standard InChI is InChI=1S/C73H108O5/c1-3-5-7-9-11-13-15-17-19-21-23-25-27-29-31-33-35-36-38-40-42-44-46-48-50-52-54-56-58-60-62-64-66-68-73(76)78-71(69-74)70-77-72(75)67-65-63-61-59-57-55-53-51-49-47-45-43-41-39-37-34-32-30-28-26-24-22-20-18-16-14-12-10-8-6-4-2/h5-8,11-14,17-20,23-26,29-32,35-37,39-40,42-43,45-46,48-49,51-52,54,58,60,71,74H,3-4,9-10,15-16,21-22,27-28,33-34,38,41,44,47,50,53,55-57,59,61-70H2,1-2H3/b7-5-,8-6-,13-11-,14-12-,19-17-,20-18-,25-23-,26-24-,31-29-,32-30-,36-35-,39-37-,42-40-,45-43-,48-46-,51-49-,54-52-,60-58-. The predicted molar refractivity (Wildman–Crippen MR) is 342 cm³/mol. The number of ether oxygens (including phenoxy) is 2. The molecule has 0 aliphatic rings. The maximum Gasteiger partial charge on any atom is 0.306 e. The Morgan fingerprint density at radius 2 is 0.513 bits per heavy atom. The van der Waals surface area contributed by atoms with Crippen LogP contribution in [0.1, 0.15) is 206 Å². The highest BCUT2D eigenvalue weighted by Gasteiger charge is 2.16. The molecule has 0 saturated carbocycles. The van der Waals surface area contributed by atoms with Crippen LogP contribution in [-0.2, 0) is 19.1 Å². The quantitative estimate of drug-likeness (QED) is 0.0373. The van der Waals surface area contributed by atoms with Gasteiger partial charge in [-0.25, -0.2) is 0 Å². The molecule has 5 nitrogen and oxygen atoms in total. The van der Waals surface area contributed by atoms with Crippen molar-refractivity contribution >= 4 is 11.9 Å². The molecule has 0 radical (unpaired) electrons. The van der Waals surface area contributed by atoms with Crippen LogP contribution in [0.4, 0.5) is 0 Å². The summed E-state index contributed by atoms with van der Waals surface area (Å²) in [6.07, 6.45) is 108. The van der Waals surface area contributed by atoms with E-state index in [1.54, 1.807) is 0 Å². The molecule has 0 aromatic heterocycles. The summed E-state index contributed by atoms with van der Waals surface area (Å²) in [4.78, 5) is 24.6. The third-order valence-electron chi connectivity index (χ3n) is 11.8. The Hall–Kier alpha value is -5.78. The maximum atomic E-state index is 12.3. The van der Waals surface area contributed by atoms with E-state index in [1.165, 1.54) is 12.8 Å². The SMILES string of the molecule is CC/C=C\C/C=C\C/C=C\C/C=C\C/C=C\C/C=C\C/C=C\C/C=C\C/C=C\C/C=C\CCCCC(=O)OC(CO)COC(=O)CCCCCCCC/C=C\C/C=C\C/C=C\C/C=C\C/C=C\C/C=C\C/C=C\C/C=C\CC. The van der Waals surface area contributed by atoms with Gasteiger partial charge < -0.3 is 14.6 Å². The van der Waals surface area contributed by atoms with Crippen molar-refractivity contribution in [2.24, 2.45) is 0 Å². The zero-order valence-electron chi connectivity index (χ0n) is 49.1. The minimum atomic E-state index is -0.822. The Balaban J connectivity index is 3.73. The minimum Gasteiger partial charge on any atom is -0.462 e. The Bertz CT molecular complexity index is 1930. The number of aliphatic hydroxyl groups is 1. The zero-order valence-corrected chi connectivity index (χ0v) is 49.1. The van der Waals surface area contributed by atoms with E-state index in [9.17, 15) is 14.7 Å². The third-order valence-corrected chi connectivity index (χ3v) is 11.8. The predicted octanol–water partition coefficient (Wildman–Crippen LogP) is 21.2. The van der Waals surface area contributed by atoms with Gasteiger partial charge in [-0.2, -0.15) is 0 Å². The van der Waals surface area contributed by atoms with Crippen LogP contribution < -0.4 is 0 Å². The molecule has 0 fully saturated rings. The lowest BCUT2D eigenvalue weighted by molar-refractivity contribution is -0.161. The Kier molecular flexibility index (Phi) is 60.6. The van der Waals surface area contributed by atoms with Crippen molar-refractivity contribution in [3.05, 3.63) is 219 Å². The highest BCUT2D eigenvalue weighted by molar-refractivity contribution is 5.70. The molecule has 0 spiro atoms. The van der Waals surface area contributed by atoms with Crippen LogP contribution in [0.15, 0.2) is 219 Å². The molecule has 5 heteroatoms. The number of allylic oxidation sites excluding steroid dienone is 36. The summed E-state index contributed by atoms with van der Waals surface area (Å²) in [5.41, 5.74) is 0. The van der Waals surface area contributed by atoms with Gasteiger partial charge in [-0.15, -0.1) is 0 Å². The fraction of sp³-hybridized carbons (Fsp3) is 0.479. The number of esters is 2. The van der Waals surface area contributed by atoms with Gasteiger partial charge in [0, 0.05) is 12.8 Å². The zero-order chi connectivity index (χ0) is 56.2. The Morgan fingerprint density at radius 3 is 0.795 bits per heavy atom. The summed E-state index contributed by atoms with van der Waals surface area (Å²) in [7, 11) is 0. The van der Waals surface area contributed by atoms with Crippen molar-refractivity contribution in [1.82, 2.24) is 0 Å². The molecule has 0 aromatic carbocycles. The molecular weight excluding hydrogens is 957 g/mol. The molecule has 1 unspecified atom stereocenters. The summed E-state index contributed by atoms with van der Waals surface area (Å²) < 4.78 is 10.7. The highest BCUT2D eigenvalue weighted by atomic mass is 16.6. The molecule has 0 rings (SSSR count). The van der Waals surface area contributed by atoms with E-state index in [-0.39, 0.29) is 31.6 Å². The molecule has 0 aliphatic carbocycles. The molecule has 78 heavy (non-hydrogen) atoms. The second-order valence-corrected chi connectivity index (χ2v) is 19.0. The van der Waals surface area contributed by atoms with E-state index in [1.807, 2.05) is 0 Å². The van der Waals surface area contributed by atoms with Crippen molar-refractivity contribution in [3.8, 4) is 0 Å². The molecule has 0 heterocycles. The molecule has 0 aromatic rings. The maximum absolute atomic E-state index is 12.3. The summed E-state index contributed by atoms with van der Waals surface area (Å²) in [5, 5.41) is 9.66. The van der Waals surface area contributed by atoms with Crippen molar-refractivity contribution < 1.29 is 24.2 Å². The van der Waals surface area contributed by atoms with E-state index in [4.69, 9.17) is 9.47 Å². The first-order valence-corrected chi connectivity index (χ1v) is 30.3. The van der Waals surface area contributed by atoms with Crippen molar-refractivity contribution in [2.75, 3.05) is 13.2 Å². The molecule has 430 valence electrons. The second-order valence-electron chi connectivity index (χ2n) is 19.0. The van der Waals surface area contributed by atoms with Gasteiger partial charge in [-0.05, 0) is 154 Å². The fourth-order valence-corrected chi connectivity index (χ4v) is 7.30. The second kappa shape index (κ2) is 65.5. The number of carbonyl (C=O) groups is 2. The number of rotatable bonds is 52. The topological polar surface area (TPSA) is 72.8 Å². The molecule has 0 bridgehead atoms. The number of carbonyl (C=O) groups excluding carboxylic acids is 2. The lowest BCUT2D eigenvalue weighted by atomic mass is 10.1. The molecule has 1 atom stereocenters. The van der Waals surface area contributed by atoms with Crippen molar-refractivity contribution in [2.45, 2.75) is 213 Å². The monoisotopic (exact) mass is 1060 g/mol. The molecular formula is C73H108O5. The van der Waals surface area contributed by atoms with Crippen LogP contribution in [0.3, 0.4) is 0 Å². The lowest BCUT2D eigenvalue weighted by Gasteiger charge is -2.15. The van der Waals surface area contributed by atoms with Crippen LogP contribution in [0.25, 0.3) is 0 Å². The van der Waals surface area contributed by atoms with Gasteiger partial charge in [-0.1, -0.05) is 258 Å². The van der Waals surface area contributed by atoms with Gasteiger partial charge in [0.1, 0.15) is 6.61 Å². The van der Waals surface area contributed by atoms with Gasteiger partial charge >= 0.3 is 11.9 Å². The third kappa shape index (κ3) is 62.8. The fourth-order valence-electron chi connectivity index (χ4n) is 7.30. The highest BCUT2D eigenvalue weighted by Crippen LogP contribution is 2.11. The van der Waals surface area contributed by atoms with Gasteiger partial charge in [-0.3, -0.25) is 9.59 Å². The van der Waals surface area contributed by atoms with Gasteiger partial charge in [0.15, 0.2) is 6.10 Å². The minimum absolute atomic E-state index is 0.108. The summed E-state index contributed by atoms with van der Waals surface area (Å²) in [5.74, 6) is -0.680. The molecule has 0 amide bonds. The van der Waals surface area contributed by atoms with Crippen molar-refractivity contribution in [1.29, 1.82) is 0 Å². The Labute approximate surface area is 478 Å². The largest absolute Gasteiger partial charge is 0.462 e. The number of hydrogen-bond acceptors (Lipinski definition) is 5. The first-order chi connectivity index (χ1) is 38.6. The smallest absolute Gasteiger partial charge is 0.306 e. The molecule has 1 N–H and O–H groups in total. The lowest BCUT2D eigenvalue weighted by Crippen LogP contribution is -2.28. The average Bonchev–Trinajstić information content (AvgIpc) is 3.44. The van der Waals surface area contributed by atoms with Crippen LogP contribution in [0.2, 0.25) is 0 Å². The Morgan fingerprint density at radius 1 is 0.295 bits per heavy atom. The van der Waals surface area contributed by atoms with Crippen LogP contribution in [0.5, 0.6) is 0 Å². The number of unbranched alkanes of at least 4 members (excludes halogenated alkanes) is 8. The van der Waals surface area contributed by atoms with E-state index in [2.05, 4.69) is 233 Å². The van der Waals surface area contributed by atoms with Crippen LogP contribution in [-0.4, -0.2) is 36.4 Å². The summed E-state index contributed by atoms with van der Waals surface area (Å²) in [6, 6.07) is 0. The summed E-state index contributed by atoms with van der Waals surface area (Å²) >= 11 is 0.